The number of carbonyl (C=O) groups excluding carboxylic acids is 2. The lowest BCUT2D eigenvalue weighted by Crippen LogP contribution is -2.36. The third-order valence-electron chi connectivity index (χ3n) is 5.07. The lowest BCUT2D eigenvalue weighted by atomic mass is 10.1. The van der Waals surface area contributed by atoms with Crippen LogP contribution in [-0.2, 0) is 33.8 Å². The Labute approximate surface area is 183 Å². The molecule has 0 fully saturated rings. The summed E-state index contributed by atoms with van der Waals surface area (Å²) in [6.45, 7) is 5.09. The smallest absolute Gasteiger partial charge is 0.308 e. The summed E-state index contributed by atoms with van der Waals surface area (Å²) in [6.07, 6.45) is 0.920. The fraction of sp³-hybridized carbons (Fsp3) is 0.320. The molecule has 3 aromatic rings. The molecule has 1 heterocycles. The molecule has 0 unspecified atom stereocenters. The molecule has 162 valence electrons. The first-order valence-electron chi connectivity index (χ1n) is 10.5. The Morgan fingerprint density at radius 1 is 0.968 bits per heavy atom. The molecule has 0 saturated heterocycles. The monoisotopic (exact) mass is 419 g/mol. The lowest BCUT2D eigenvalue weighted by molar-refractivity contribution is -0.152. The van der Waals surface area contributed by atoms with E-state index < -0.39 is 5.97 Å². The number of hydrogen-bond donors (Lipinski definition) is 0. The lowest BCUT2D eigenvalue weighted by Gasteiger charge is -2.23. The first-order valence-corrected chi connectivity index (χ1v) is 10.5. The molecule has 0 atom stereocenters. The maximum atomic E-state index is 12.8. The third kappa shape index (κ3) is 7.10. The first-order chi connectivity index (χ1) is 15.0. The molecule has 0 radical (unpaired) electrons. The van der Waals surface area contributed by atoms with Gasteiger partial charge >= 0.3 is 5.97 Å². The van der Waals surface area contributed by atoms with E-state index in [1.165, 1.54) is 0 Å². The van der Waals surface area contributed by atoms with Gasteiger partial charge in [0, 0.05) is 18.8 Å². The maximum Gasteiger partial charge on any atom is 0.308 e. The molecule has 1 amide bonds. The Hall–Kier alpha value is -3.41. The number of esters is 1. The second-order valence-corrected chi connectivity index (χ2v) is 7.60. The zero-order valence-corrected chi connectivity index (χ0v) is 18.2. The predicted molar refractivity (Wildman–Crippen MR) is 119 cm³/mol. The minimum atomic E-state index is -0.399. The molecule has 0 aliphatic heterocycles. The normalized spacial score (nSPS) is 10.6. The molecule has 3 rings (SSSR count). The van der Waals surface area contributed by atoms with Gasteiger partial charge in [-0.25, -0.2) is 0 Å². The number of aromatic nitrogens is 2. The number of benzene rings is 2. The van der Waals surface area contributed by atoms with Gasteiger partial charge in [0.25, 0.3) is 5.91 Å². The van der Waals surface area contributed by atoms with E-state index in [1.807, 2.05) is 80.6 Å². The van der Waals surface area contributed by atoms with Crippen LogP contribution in [0.2, 0.25) is 0 Å². The van der Waals surface area contributed by atoms with Crippen molar-refractivity contribution in [1.82, 2.24) is 14.7 Å². The van der Waals surface area contributed by atoms with Gasteiger partial charge in [-0.15, -0.1) is 0 Å². The Morgan fingerprint density at radius 2 is 1.61 bits per heavy atom. The maximum absolute atomic E-state index is 12.8. The van der Waals surface area contributed by atoms with Crippen LogP contribution in [0.3, 0.4) is 0 Å². The molecular formula is C25H29N3O3. The van der Waals surface area contributed by atoms with Gasteiger partial charge in [-0.3, -0.25) is 14.3 Å². The molecule has 0 aliphatic carbocycles. The van der Waals surface area contributed by atoms with Gasteiger partial charge in [0.15, 0.2) is 6.61 Å². The van der Waals surface area contributed by atoms with Gasteiger partial charge < -0.3 is 9.64 Å². The van der Waals surface area contributed by atoms with E-state index in [2.05, 4.69) is 5.10 Å². The number of rotatable bonds is 10. The number of aryl methyl sites for hydroxylation is 3. The van der Waals surface area contributed by atoms with Crippen molar-refractivity contribution in [3.63, 3.8) is 0 Å². The molecule has 31 heavy (non-hydrogen) atoms. The number of amides is 1. The van der Waals surface area contributed by atoms with Gasteiger partial charge in [-0.1, -0.05) is 60.7 Å². The molecule has 1 aromatic heterocycles. The Kier molecular flexibility index (Phi) is 7.98. The average molecular weight is 420 g/mol. The summed E-state index contributed by atoms with van der Waals surface area (Å²) in [7, 11) is 0. The van der Waals surface area contributed by atoms with E-state index in [1.54, 1.807) is 9.58 Å². The van der Waals surface area contributed by atoms with Crippen molar-refractivity contribution in [1.29, 1.82) is 0 Å². The van der Waals surface area contributed by atoms with Crippen molar-refractivity contribution < 1.29 is 14.3 Å². The highest BCUT2D eigenvalue weighted by Crippen LogP contribution is 2.09. The Balaban J connectivity index is 1.53. The molecule has 6 heteroatoms. The summed E-state index contributed by atoms with van der Waals surface area (Å²) in [4.78, 5) is 26.7. The first kappa shape index (κ1) is 22.3. The van der Waals surface area contributed by atoms with Crippen LogP contribution in [0.15, 0.2) is 66.7 Å². The van der Waals surface area contributed by atoms with Crippen LogP contribution >= 0.6 is 0 Å². The fourth-order valence-corrected chi connectivity index (χ4v) is 3.41. The van der Waals surface area contributed by atoms with Crippen molar-refractivity contribution in [3.8, 4) is 0 Å². The van der Waals surface area contributed by atoms with Gasteiger partial charge in [0.05, 0.1) is 18.7 Å². The summed E-state index contributed by atoms with van der Waals surface area (Å²) in [5.74, 6) is -0.595. The zero-order chi connectivity index (χ0) is 22.1. The van der Waals surface area contributed by atoms with Gasteiger partial charge in [-0.05, 0) is 37.5 Å². The molecule has 0 N–H and O–H groups in total. The molecule has 0 bridgehead atoms. The molecule has 0 aliphatic rings. The van der Waals surface area contributed by atoms with E-state index >= 15 is 0 Å². The van der Waals surface area contributed by atoms with Crippen LogP contribution in [0.4, 0.5) is 0 Å². The largest absolute Gasteiger partial charge is 0.456 e. The van der Waals surface area contributed by atoms with E-state index in [0.717, 1.165) is 28.9 Å². The second-order valence-electron chi connectivity index (χ2n) is 7.60. The minimum absolute atomic E-state index is 0.179. The van der Waals surface area contributed by atoms with Gasteiger partial charge in [0.1, 0.15) is 0 Å². The van der Waals surface area contributed by atoms with E-state index in [4.69, 9.17) is 4.74 Å². The fourth-order valence-electron chi connectivity index (χ4n) is 3.41. The Bertz CT molecular complexity index is 984. The highest BCUT2D eigenvalue weighted by atomic mass is 16.5. The molecule has 6 nitrogen and oxygen atoms in total. The number of carbonyl (C=O) groups is 2. The van der Waals surface area contributed by atoms with Crippen LogP contribution in [0.1, 0.15) is 28.9 Å². The van der Waals surface area contributed by atoms with Crippen molar-refractivity contribution in [2.75, 3.05) is 13.2 Å². The number of nitrogens with zero attached hydrogens (tertiary/aromatic N) is 3. The third-order valence-corrected chi connectivity index (χ3v) is 5.07. The summed E-state index contributed by atoms with van der Waals surface area (Å²) < 4.78 is 7.05. The van der Waals surface area contributed by atoms with Crippen LogP contribution in [-0.4, -0.2) is 39.7 Å². The highest BCUT2D eigenvalue weighted by Gasteiger charge is 2.17. The van der Waals surface area contributed by atoms with Gasteiger partial charge in [-0.2, -0.15) is 5.10 Å². The minimum Gasteiger partial charge on any atom is -0.456 e. The average Bonchev–Trinajstić information content (AvgIpc) is 3.11. The molecule has 2 aromatic carbocycles. The predicted octanol–water partition coefficient (Wildman–Crippen LogP) is 3.70. The standard InChI is InChI=1S/C25H29N3O3/c1-20-17-21(2)28(26-20)16-14-25(30)31-19-24(29)27(18-23-11-7-4-8-12-23)15-13-22-9-5-3-6-10-22/h3-12,17H,13-16,18-19H2,1-2H3. The van der Waals surface area contributed by atoms with Crippen molar-refractivity contribution in [2.24, 2.45) is 0 Å². The second kappa shape index (κ2) is 11.1. The van der Waals surface area contributed by atoms with Gasteiger partial charge in [0.2, 0.25) is 0 Å². The zero-order valence-electron chi connectivity index (χ0n) is 18.2. The van der Waals surface area contributed by atoms with Crippen LogP contribution in [0, 0.1) is 13.8 Å². The Morgan fingerprint density at radius 3 is 2.23 bits per heavy atom. The summed E-state index contributed by atoms with van der Waals surface area (Å²) in [6, 6.07) is 21.8. The van der Waals surface area contributed by atoms with E-state index in [-0.39, 0.29) is 18.9 Å². The number of hydrogen-bond acceptors (Lipinski definition) is 4. The molecule has 0 spiro atoms. The van der Waals surface area contributed by atoms with Crippen LogP contribution in [0.25, 0.3) is 0 Å². The van der Waals surface area contributed by atoms with Crippen molar-refractivity contribution in [3.05, 3.63) is 89.2 Å². The van der Waals surface area contributed by atoms with Crippen LogP contribution < -0.4 is 0 Å². The SMILES string of the molecule is Cc1cc(C)n(CCC(=O)OCC(=O)N(CCc2ccccc2)Cc2ccccc2)n1. The van der Waals surface area contributed by atoms with E-state index in [9.17, 15) is 9.59 Å². The highest BCUT2D eigenvalue weighted by molar-refractivity contribution is 5.80. The summed E-state index contributed by atoms with van der Waals surface area (Å²) in [5, 5.41) is 4.34. The topological polar surface area (TPSA) is 64.4 Å². The number of ether oxygens (including phenoxy) is 1. The van der Waals surface area contributed by atoms with Crippen molar-refractivity contribution in [2.45, 2.75) is 39.8 Å². The summed E-state index contributed by atoms with van der Waals surface area (Å²) in [5.41, 5.74) is 4.11. The quantitative estimate of drug-likeness (QED) is 0.470. The van der Waals surface area contributed by atoms with Crippen LogP contribution in [0.5, 0.6) is 0 Å². The summed E-state index contributed by atoms with van der Waals surface area (Å²) >= 11 is 0. The van der Waals surface area contributed by atoms with E-state index in [0.29, 0.717) is 19.6 Å². The van der Waals surface area contributed by atoms with Crippen molar-refractivity contribution >= 4 is 11.9 Å². The molecule has 0 saturated carbocycles. The molecular weight excluding hydrogens is 390 g/mol.